The van der Waals surface area contributed by atoms with Crippen molar-refractivity contribution >= 4 is 15.9 Å². The van der Waals surface area contributed by atoms with Gasteiger partial charge in [-0.2, -0.15) is 0 Å². The monoisotopic (exact) mass is 310 g/mol. The van der Waals surface area contributed by atoms with E-state index in [1.165, 1.54) is 35.0 Å². The van der Waals surface area contributed by atoms with Crippen molar-refractivity contribution in [1.29, 1.82) is 0 Å². The second kappa shape index (κ2) is 6.18. The molecular formula is C15H23BrN2. The average molecular weight is 311 g/mol. The zero-order valence-electron chi connectivity index (χ0n) is 11.3. The van der Waals surface area contributed by atoms with Gasteiger partial charge in [0.05, 0.1) is 0 Å². The van der Waals surface area contributed by atoms with Crippen molar-refractivity contribution in [2.45, 2.75) is 45.2 Å². The molecule has 3 heteroatoms. The Hall–Kier alpha value is -0.380. The fraction of sp³-hybridized carbons (Fsp3) is 0.600. The standard InChI is InChI=1S/C15H23BrN2/c1-3-8-18-9-4-5-14(17)15(18)12-6-7-13(16)11(2)10-12/h6-7,10,14-15H,3-5,8-9,17H2,1-2H3. The molecule has 1 heterocycles. The lowest BCUT2D eigenvalue weighted by atomic mass is 9.90. The fourth-order valence-corrected chi connectivity index (χ4v) is 3.19. The van der Waals surface area contributed by atoms with E-state index in [4.69, 9.17) is 5.73 Å². The lowest BCUT2D eigenvalue weighted by molar-refractivity contribution is 0.128. The fourth-order valence-electron chi connectivity index (χ4n) is 2.95. The van der Waals surface area contributed by atoms with Crippen LogP contribution in [-0.4, -0.2) is 24.0 Å². The molecule has 1 aliphatic heterocycles. The highest BCUT2D eigenvalue weighted by Crippen LogP contribution is 2.32. The highest BCUT2D eigenvalue weighted by molar-refractivity contribution is 9.10. The van der Waals surface area contributed by atoms with Gasteiger partial charge in [-0.25, -0.2) is 0 Å². The van der Waals surface area contributed by atoms with Crippen LogP contribution in [0.5, 0.6) is 0 Å². The maximum atomic E-state index is 6.37. The smallest absolute Gasteiger partial charge is 0.0499 e. The summed E-state index contributed by atoms with van der Waals surface area (Å²) in [5.74, 6) is 0. The predicted molar refractivity (Wildman–Crippen MR) is 80.7 cm³/mol. The Kier molecular flexibility index (Phi) is 4.82. The molecule has 18 heavy (non-hydrogen) atoms. The number of benzene rings is 1. The number of rotatable bonds is 3. The summed E-state index contributed by atoms with van der Waals surface area (Å²) in [6.07, 6.45) is 3.56. The molecule has 0 amide bonds. The summed E-state index contributed by atoms with van der Waals surface area (Å²) < 4.78 is 1.18. The van der Waals surface area contributed by atoms with E-state index in [1.807, 2.05) is 0 Å². The Bertz CT molecular complexity index is 403. The zero-order chi connectivity index (χ0) is 13.1. The molecule has 1 fully saturated rings. The van der Waals surface area contributed by atoms with Crippen LogP contribution in [0.3, 0.4) is 0 Å². The minimum Gasteiger partial charge on any atom is -0.326 e. The van der Waals surface area contributed by atoms with Crippen LogP contribution in [-0.2, 0) is 0 Å². The first-order chi connectivity index (χ1) is 8.63. The normalized spacial score (nSPS) is 25.3. The quantitative estimate of drug-likeness (QED) is 0.923. The summed E-state index contributed by atoms with van der Waals surface area (Å²) >= 11 is 3.57. The lowest BCUT2D eigenvalue weighted by Crippen LogP contribution is -2.46. The van der Waals surface area contributed by atoms with Gasteiger partial charge in [0, 0.05) is 16.6 Å². The summed E-state index contributed by atoms with van der Waals surface area (Å²) in [6.45, 7) is 6.71. The summed E-state index contributed by atoms with van der Waals surface area (Å²) in [6, 6.07) is 7.31. The maximum Gasteiger partial charge on any atom is 0.0499 e. The van der Waals surface area contributed by atoms with E-state index in [9.17, 15) is 0 Å². The van der Waals surface area contributed by atoms with Gasteiger partial charge in [0.25, 0.3) is 0 Å². The molecule has 1 aromatic carbocycles. The highest BCUT2D eigenvalue weighted by atomic mass is 79.9. The lowest BCUT2D eigenvalue weighted by Gasteiger charge is -2.40. The number of nitrogens with two attached hydrogens (primary N) is 1. The number of piperidine rings is 1. The van der Waals surface area contributed by atoms with Crippen molar-refractivity contribution in [2.24, 2.45) is 5.73 Å². The number of nitrogens with zero attached hydrogens (tertiary/aromatic N) is 1. The SMILES string of the molecule is CCCN1CCCC(N)C1c1ccc(Br)c(C)c1. The zero-order valence-corrected chi connectivity index (χ0v) is 12.9. The molecule has 2 rings (SSSR count). The topological polar surface area (TPSA) is 29.3 Å². The minimum atomic E-state index is 0.269. The number of likely N-dealkylation sites (tertiary alicyclic amines) is 1. The maximum absolute atomic E-state index is 6.37. The van der Waals surface area contributed by atoms with E-state index in [1.54, 1.807) is 0 Å². The average Bonchev–Trinajstić information content (AvgIpc) is 2.34. The van der Waals surface area contributed by atoms with Crippen molar-refractivity contribution < 1.29 is 0 Å². The molecule has 1 aliphatic rings. The Morgan fingerprint density at radius 2 is 2.22 bits per heavy atom. The molecule has 0 saturated carbocycles. The number of hydrogen-bond donors (Lipinski definition) is 1. The third-order valence-corrected chi connectivity index (χ3v) is 4.71. The van der Waals surface area contributed by atoms with Crippen LogP contribution < -0.4 is 5.73 Å². The largest absolute Gasteiger partial charge is 0.326 e. The molecule has 2 atom stereocenters. The number of aryl methyl sites for hydroxylation is 1. The summed E-state index contributed by atoms with van der Waals surface area (Å²) in [4.78, 5) is 2.55. The molecule has 1 aromatic rings. The first-order valence-electron chi connectivity index (χ1n) is 6.89. The summed E-state index contributed by atoms with van der Waals surface area (Å²) in [7, 11) is 0. The van der Waals surface area contributed by atoms with E-state index in [-0.39, 0.29) is 6.04 Å². The molecule has 2 unspecified atom stereocenters. The van der Waals surface area contributed by atoms with Crippen molar-refractivity contribution in [3.63, 3.8) is 0 Å². The number of halogens is 1. The summed E-state index contributed by atoms with van der Waals surface area (Å²) in [5, 5.41) is 0. The molecule has 0 aromatic heterocycles. The molecule has 100 valence electrons. The first kappa shape index (κ1) is 14.0. The molecule has 0 spiro atoms. The minimum absolute atomic E-state index is 0.269. The van der Waals surface area contributed by atoms with Crippen molar-refractivity contribution in [3.8, 4) is 0 Å². The van der Waals surface area contributed by atoms with Crippen LogP contribution in [0.15, 0.2) is 22.7 Å². The van der Waals surface area contributed by atoms with Crippen LogP contribution in [0, 0.1) is 6.92 Å². The molecule has 0 radical (unpaired) electrons. The van der Waals surface area contributed by atoms with E-state index >= 15 is 0 Å². The van der Waals surface area contributed by atoms with Gasteiger partial charge in [-0.1, -0.05) is 35.0 Å². The molecule has 2 nitrogen and oxygen atoms in total. The van der Waals surface area contributed by atoms with Crippen molar-refractivity contribution in [3.05, 3.63) is 33.8 Å². The van der Waals surface area contributed by atoms with Gasteiger partial charge >= 0.3 is 0 Å². The Morgan fingerprint density at radius 1 is 1.44 bits per heavy atom. The third-order valence-electron chi connectivity index (χ3n) is 3.82. The van der Waals surface area contributed by atoms with Crippen molar-refractivity contribution in [1.82, 2.24) is 4.90 Å². The van der Waals surface area contributed by atoms with Gasteiger partial charge in [0.1, 0.15) is 0 Å². The number of hydrogen-bond acceptors (Lipinski definition) is 2. The molecule has 0 aliphatic carbocycles. The molecule has 1 saturated heterocycles. The van der Waals surface area contributed by atoms with Crippen LogP contribution in [0.2, 0.25) is 0 Å². The first-order valence-corrected chi connectivity index (χ1v) is 7.68. The van der Waals surface area contributed by atoms with Gasteiger partial charge in [0.15, 0.2) is 0 Å². The molecular weight excluding hydrogens is 288 g/mol. The second-order valence-electron chi connectivity index (χ2n) is 5.30. The van der Waals surface area contributed by atoms with E-state index < -0.39 is 0 Å². The summed E-state index contributed by atoms with van der Waals surface area (Å²) in [5.41, 5.74) is 9.03. The van der Waals surface area contributed by atoms with Gasteiger partial charge in [0.2, 0.25) is 0 Å². The van der Waals surface area contributed by atoms with Gasteiger partial charge in [-0.05, 0) is 56.5 Å². The van der Waals surface area contributed by atoms with Gasteiger partial charge in [-0.3, -0.25) is 4.90 Å². The van der Waals surface area contributed by atoms with Crippen molar-refractivity contribution in [2.75, 3.05) is 13.1 Å². The van der Waals surface area contributed by atoms with E-state index in [0.29, 0.717) is 6.04 Å². The highest BCUT2D eigenvalue weighted by Gasteiger charge is 2.29. The van der Waals surface area contributed by atoms with Gasteiger partial charge < -0.3 is 5.73 Å². The van der Waals surface area contributed by atoms with E-state index in [0.717, 1.165) is 13.0 Å². The molecule has 0 bridgehead atoms. The van der Waals surface area contributed by atoms with E-state index in [2.05, 4.69) is 52.9 Å². The van der Waals surface area contributed by atoms with Crippen LogP contribution in [0.25, 0.3) is 0 Å². The van der Waals surface area contributed by atoms with Crippen LogP contribution in [0.1, 0.15) is 43.4 Å². The predicted octanol–water partition coefficient (Wildman–Crippen LogP) is 3.63. The third kappa shape index (κ3) is 2.95. The van der Waals surface area contributed by atoms with Crippen LogP contribution >= 0.6 is 15.9 Å². The second-order valence-corrected chi connectivity index (χ2v) is 6.15. The Balaban J connectivity index is 2.28. The van der Waals surface area contributed by atoms with Crippen LogP contribution in [0.4, 0.5) is 0 Å². The molecule has 2 N–H and O–H groups in total. The Labute approximate surface area is 119 Å². The van der Waals surface area contributed by atoms with Gasteiger partial charge in [-0.15, -0.1) is 0 Å². The Morgan fingerprint density at radius 3 is 2.89 bits per heavy atom.